The van der Waals surface area contributed by atoms with Gasteiger partial charge in [0.05, 0.1) is 0 Å². The van der Waals surface area contributed by atoms with E-state index in [-0.39, 0.29) is 12.4 Å². The van der Waals surface area contributed by atoms with Gasteiger partial charge in [-0.25, -0.2) is 0 Å². The number of hydrogen-bond acceptors (Lipinski definition) is 2. The van der Waals surface area contributed by atoms with Crippen molar-refractivity contribution in [2.45, 2.75) is 12.8 Å². The number of aryl methyl sites for hydroxylation is 1. The van der Waals surface area contributed by atoms with E-state index in [1.54, 1.807) is 0 Å². The summed E-state index contributed by atoms with van der Waals surface area (Å²) in [6.07, 6.45) is 2.15. The summed E-state index contributed by atoms with van der Waals surface area (Å²) in [4.78, 5) is 2.22. The minimum Gasteiger partial charge on any atom is -0.456 e. The summed E-state index contributed by atoms with van der Waals surface area (Å²) in [6, 6.07) is 22.9. The summed E-state index contributed by atoms with van der Waals surface area (Å²) in [7, 11) is 4.23. The molecule has 3 aromatic rings. The van der Waals surface area contributed by atoms with Gasteiger partial charge < -0.3 is 9.32 Å². The molecule has 0 spiro atoms. The van der Waals surface area contributed by atoms with Gasteiger partial charge in [0.25, 0.3) is 0 Å². The fourth-order valence-corrected chi connectivity index (χ4v) is 2.78. The summed E-state index contributed by atoms with van der Waals surface area (Å²) in [5.41, 5.74) is 3.56. The van der Waals surface area contributed by atoms with Crippen LogP contribution in [0.1, 0.15) is 12.0 Å². The molecule has 0 radical (unpaired) electrons. The summed E-state index contributed by atoms with van der Waals surface area (Å²) < 4.78 is 6.23. The fourth-order valence-electron chi connectivity index (χ4n) is 2.78. The van der Waals surface area contributed by atoms with Gasteiger partial charge in [-0.05, 0) is 45.1 Å². The number of benzene rings is 2. The lowest BCUT2D eigenvalue weighted by atomic mass is 10.0. The van der Waals surface area contributed by atoms with Crippen LogP contribution in [-0.2, 0) is 6.42 Å². The average Bonchev–Trinajstić information content (AvgIpc) is 3.00. The van der Waals surface area contributed by atoms with Crippen LogP contribution in [0, 0.1) is 0 Å². The van der Waals surface area contributed by atoms with Crippen molar-refractivity contribution < 1.29 is 4.42 Å². The Kier molecular flexibility index (Phi) is 6.65. The molecule has 0 bridgehead atoms. The standard InChI is InChI=1S/C21H23NO.ClH/c1-22(2)15-9-14-19-16-20(17-10-5-3-6-11-17)23-21(19)18-12-7-4-8-13-18;/h3-8,10-13,16H,9,14-15H2,1-2H3;1H. The first-order valence-electron chi connectivity index (χ1n) is 8.12. The summed E-state index contributed by atoms with van der Waals surface area (Å²) in [5, 5.41) is 0. The highest BCUT2D eigenvalue weighted by Gasteiger charge is 2.14. The maximum Gasteiger partial charge on any atom is 0.137 e. The Morgan fingerprint density at radius 1 is 0.833 bits per heavy atom. The molecule has 0 unspecified atom stereocenters. The van der Waals surface area contributed by atoms with Crippen LogP contribution in [-0.4, -0.2) is 25.5 Å². The van der Waals surface area contributed by atoms with Crippen LogP contribution in [0.3, 0.4) is 0 Å². The molecule has 1 heterocycles. The van der Waals surface area contributed by atoms with Crippen LogP contribution in [0.5, 0.6) is 0 Å². The first-order chi connectivity index (χ1) is 11.2. The topological polar surface area (TPSA) is 16.4 Å². The zero-order valence-corrected chi connectivity index (χ0v) is 15.1. The van der Waals surface area contributed by atoms with E-state index in [0.717, 1.165) is 42.0 Å². The van der Waals surface area contributed by atoms with Crippen molar-refractivity contribution in [3.63, 3.8) is 0 Å². The van der Waals surface area contributed by atoms with E-state index in [9.17, 15) is 0 Å². The van der Waals surface area contributed by atoms with E-state index in [2.05, 4.69) is 61.5 Å². The first kappa shape index (κ1) is 18.3. The van der Waals surface area contributed by atoms with Gasteiger partial charge in [-0.1, -0.05) is 60.7 Å². The van der Waals surface area contributed by atoms with E-state index in [1.807, 2.05) is 24.3 Å². The smallest absolute Gasteiger partial charge is 0.137 e. The molecule has 0 saturated heterocycles. The van der Waals surface area contributed by atoms with Crippen molar-refractivity contribution >= 4 is 12.4 Å². The number of furan rings is 1. The molecular formula is C21H24ClNO. The number of halogens is 1. The SMILES string of the molecule is CN(C)CCCc1cc(-c2ccccc2)oc1-c1ccccc1.Cl. The minimum atomic E-state index is 0. The van der Waals surface area contributed by atoms with E-state index in [1.165, 1.54) is 5.56 Å². The Hall–Kier alpha value is -2.03. The molecule has 0 aliphatic rings. The van der Waals surface area contributed by atoms with Crippen LogP contribution < -0.4 is 0 Å². The second kappa shape index (κ2) is 8.72. The lowest BCUT2D eigenvalue weighted by molar-refractivity contribution is 0.400. The normalized spacial score (nSPS) is 10.6. The van der Waals surface area contributed by atoms with Crippen molar-refractivity contribution in [1.29, 1.82) is 0 Å². The minimum absolute atomic E-state index is 0. The van der Waals surface area contributed by atoms with Crippen molar-refractivity contribution in [3.8, 4) is 22.6 Å². The Bertz CT molecular complexity index is 735. The molecule has 2 nitrogen and oxygen atoms in total. The summed E-state index contributed by atoms with van der Waals surface area (Å²) in [6.45, 7) is 1.08. The van der Waals surface area contributed by atoms with E-state index < -0.39 is 0 Å². The van der Waals surface area contributed by atoms with E-state index in [0.29, 0.717) is 0 Å². The summed E-state index contributed by atoms with van der Waals surface area (Å²) >= 11 is 0. The number of hydrogen-bond donors (Lipinski definition) is 0. The molecule has 2 aromatic carbocycles. The predicted molar refractivity (Wildman–Crippen MR) is 104 cm³/mol. The second-order valence-corrected chi connectivity index (χ2v) is 6.10. The van der Waals surface area contributed by atoms with Crippen molar-refractivity contribution in [2.75, 3.05) is 20.6 Å². The van der Waals surface area contributed by atoms with E-state index in [4.69, 9.17) is 4.42 Å². The van der Waals surface area contributed by atoms with Crippen molar-refractivity contribution in [2.24, 2.45) is 0 Å². The Labute approximate surface area is 150 Å². The second-order valence-electron chi connectivity index (χ2n) is 6.10. The highest BCUT2D eigenvalue weighted by Crippen LogP contribution is 2.33. The molecule has 0 N–H and O–H groups in total. The maximum atomic E-state index is 6.23. The molecule has 0 amide bonds. The fraction of sp³-hybridized carbons (Fsp3) is 0.238. The third-order valence-corrected chi connectivity index (χ3v) is 3.95. The zero-order chi connectivity index (χ0) is 16.1. The van der Waals surface area contributed by atoms with Gasteiger partial charge in [0.2, 0.25) is 0 Å². The molecule has 3 rings (SSSR count). The van der Waals surface area contributed by atoms with Gasteiger partial charge in [0.15, 0.2) is 0 Å². The number of nitrogens with zero attached hydrogens (tertiary/aromatic N) is 1. The maximum absolute atomic E-state index is 6.23. The molecule has 0 aliphatic carbocycles. The van der Waals surface area contributed by atoms with Crippen molar-refractivity contribution in [1.82, 2.24) is 4.90 Å². The van der Waals surface area contributed by atoms with Crippen LogP contribution in [0.2, 0.25) is 0 Å². The molecule has 1 aromatic heterocycles. The van der Waals surface area contributed by atoms with Crippen LogP contribution >= 0.6 is 12.4 Å². The van der Waals surface area contributed by atoms with Gasteiger partial charge in [0.1, 0.15) is 11.5 Å². The van der Waals surface area contributed by atoms with Crippen LogP contribution in [0.15, 0.2) is 71.1 Å². The quantitative estimate of drug-likeness (QED) is 0.586. The Morgan fingerprint density at radius 2 is 1.42 bits per heavy atom. The molecule has 24 heavy (non-hydrogen) atoms. The van der Waals surface area contributed by atoms with Crippen LogP contribution in [0.25, 0.3) is 22.6 Å². The third-order valence-electron chi connectivity index (χ3n) is 3.95. The monoisotopic (exact) mass is 341 g/mol. The molecular weight excluding hydrogens is 318 g/mol. The van der Waals surface area contributed by atoms with Gasteiger partial charge in [-0.15, -0.1) is 12.4 Å². The molecule has 0 atom stereocenters. The molecule has 3 heteroatoms. The lowest BCUT2D eigenvalue weighted by Gasteiger charge is -2.08. The average molecular weight is 342 g/mol. The highest BCUT2D eigenvalue weighted by molar-refractivity contribution is 5.85. The third kappa shape index (κ3) is 4.50. The highest BCUT2D eigenvalue weighted by atomic mass is 35.5. The van der Waals surface area contributed by atoms with Gasteiger partial charge in [-0.3, -0.25) is 0 Å². The predicted octanol–water partition coefficient (Wildman–Crippen LogP) is 5.53. The zero-order valence-electron chi connectivity index (χ0n) is 14.2. The molecule has 0 fully saturated rings. The Morgan fingerprint density at radius 3 is 2.00 bits per heavy atom. The van der Waals surface area contributed by atoms with Gasteiger partial charge >= 0.3 is 0 Å². The van der Waals surface area contributed by atoms with Gasteiger partial charge in [0, 0.05) is 11.1 Å². The first-order valence-corrected chi connectivity index (χ1v) is 8.12. The number of rotatable bonds is 6. The van der Waals surface area contributed by atoms with Crippen molar-refractivity contribution in [3.05, 3.63) is 72.3 Å². The molecule has 0 aliphatic heterocycles. The summed E-state index contributed by atoms with van der Waals surface area (Å²) in [5.74, 6) is 1.95. The van der Waals surface area contributed by atoms with Crippen LogP contribution in [0.4, 0.5) is 0 Å². The Balaban J connectivity index is 0.00000208. The molecule has 0 saturated carbocycles. The van der Waals surface area contributed by atoms with E-state index >= 15 is 0 Å². The lowest BCUT2D eigenvalue weighted by Crippen LogP contribution is -2.13. The van der Waals surface area contributed by atoms with Gasteiger partial charge in [-0.2, -0.15) is 0 Å². The largest absolute Gasteiger partial charge is 0.456 e. The molecule has 126 valence electrons.